The Labute approximate surface area is 184 Å². The maximum Gasteiger partial charge on any atom is 0.416 e. The largest absolute Gasteiger partial charge is 0.416 e. The standard InChI is InChI=1S/C23H24F4N4O/c24-20-6-8-21(9-7-20)31-15-13-30(14-16-31)12-11-29-22(32)28-10-2-4-18-3-1-5-19(17-18)23(25,26)27/h1,3,5-9,17H,10-16H2,(H2,28,29,32). The van der Waals surface area contributed by atoms with Crippen molar-refractivity contribution in [2.45, 2.75) is 6.18 Å². The molecule has 1 saturated heterocycles. The molecule has 2 aromatic carbocycles. The van der Waals surface area contributed by atoms with Crippen molar-refractivity contribution in [1.29, 1.82) is 0 Å². The van der Waals surface area contributed by atoms with E-state index in [1.54, 1.807) is 12.1 Å². The first kappa shape index (κ1) is 23.4. The molecule has 1 aliphatic rings. The Morgan fingerprint density at radius 3 is 2.41 bits per heavy atom. The van der Waals surface area contributed by atoms with E-state index in [-0.39, 0.29) is 24.0 Å². The molecule has 0 aromatic heterocycles. The SMILES string of the molecule is O=C(NCC#Cc1cccc(C(F)(F)F)c1)NCCN1CCN(c2ccc(F)cc2)CC1. The predicted octanol–water partition coefficient (Wildman–Crippen LogP) is 3.32. The summed E-state index contributed by atoms with van der Waals surface area (Å²) in [5.74, 6) is 5.01. The number of carbonyl (C=O) groups excluding carboxylic acids is 1. The van der Waals surface area contributed by atoms with Crippen LogP contribution in [0.4, 0.5) is 28.0 Å². The molecule has 2 N–H and O–H groups in total. The van der Waals surface area contributed by atoms with Crippen LogP contribution in [0.15, 0.2) is 48.5 Å². The number of hydrogen-bond acceptors (Lipinski definition) is 3. The molecule has 5 nitrogen and oxygen atoms in total. The molecule has 0 spiro atoms. The number of anilines is 1. The second kappa shape index (κ2) is 10.9. The lowest BCUT2D eigenvalue weighted by Gasteiger charge is -2.36. The van der Waals surface area contributed by atoms with Gasteiger partial charge in [-0.3, -0.25) is 4.90 Å². The van der Waals surface area contributed by atoms with E-state index in [1.807, 2.05) is 0 Å². The van der Waals surface area contributed by atoms with Gasteiger partial charge in [0.25, 0.3) is 0 Å². The molecule has 2 aromatic rings. The molecule has 1 aliphatic heterocycles. The molecule has 0 aliphatic carbocycles. The van der Waals surface area contributed by atoms with Gasteiger partial charge in [-0.2, -0.15) is 13.2 Å². The highest BCUT2D eigenvalue weighted by atomic mass is 19.4. The van der Waals surface area contributed by atoms with Crippen LogP contribution in [0.2, 0.25) is 0 Å². The molecule has 9 heteroatoms. The predicted molar refractivity (Wildman–Crippen MR) is 115 cm³/mol. The van der Waals surface area contributed by atoms with Gasteiger partial charge in [-0.25, -0.2) is 9.18 Å². The number of halogens is 4. The number of piperazine rings is 1. The van der Waals surface area contributed by atoms with E-state index in [4.69, 9.17) is 0 Å². The number of nitrogens with zero attached hydrogens (tertiary/aromatic N) is 2. The van der Waals surface area contributed by atoms with Crippen LogP contribution in [-0.2, 0) is 6.18 Å². The van der Waals surface area contributed by atoms with E-state index in [0.717, 1.165) is 44.0 Å². The fourth-order valence-electron chi connectivity index (χ4n) is 3.32. The molecule has 1 fully saturated rings. The second-order valence-electron chi connectivity index (χ2n) is 7.29. The smallest absolute Gasteiger partial charge is 0.369 e. The third kappa shape index (κ3) is 7.17. The summed E-state index contributed by atoms with van der Waals surface area (Å²) >= 11 is 0. The number of carbonyl (C=O) groups is 1. The molecule has 170 valence electrons. The lowest BCUT2D eigenvalue weighted by Crippen LogP contribution is -2.49. The van der Waals surface area contributed by atoms with Crippen molar-refractivity contribution in [3.05, 3.63) is 65.5 Å². The summed E-state index contributed by atoms with van der Waals surface area (Å²) in [5.41, 5.74) is 0.477. The minimum atomic E-state index is -4.41. The molecule has 0 atom stereocenters. The van der Waals surface area contributed by atoms with E-state index in [9.17, 15) is 22.4 Å². The summed E-state index contributed by atoms with van der Waals surface area (Å²) in [6, 6.07) is 10.8. The highest BCUT2D eigenvalue weighted by Gasteiger charge is 2.30. The van der Waals surface area contributed by atoms with E-state index in [2.05, 4.69) is 32.3 Å². The van der Waals surface area contributed by atoms with Gasteiger partial charge < -0.3 is 15.5 Å². The monoisotopic (exact) mass is 448 g/mol. The van der Waals surface area contributed by atoms with Crippen molar-refractivity contribution in [2.24, 2.45) is 0 Å². The zero-order valence-electron chi connectivity index (χ0n) is 17.4. The van der Waals surface area contributed by atoms with Crippen LogP contribution in [0, 0.1) is 17.7 Å². The van der Waals surface area contributed by atoms with Gasteiger partial charge in [-0.15, -0.1) is 0 Å². The molecule has 0 radical (unpaired) electrons. The molecular formula is C23H24F4N4O. The highest BCUT2D eigenvalue weighted by molar-refractivity contribution is 5.74. The Kier molecular flexibility index (Phi) is 7.95. The van der Waals surface area contributed by atoms with E-state index in [0.29, 0.717) is 13.1 Å². The normalized spacial score (nSPS) is 14.4. The van der Waals surface area contributed by atoms with Gasteiger partial charge >= 0.3 is 12.2 Å². The molecule has 32 heavy (non-hydrogen) atoms. The third-order valence-electron chi connectivity index (χ3n) is 5.04. The maximum absolute atomic E-state index is 13.0. The van der Waals surface area contributed by atoms with Gasteiger partial charge in [0.2, 0.25) is 0 Å². The summed E-state index contributed by atoms with van der Waals surface area (Å²) in [7, 11) is 0. The lowest BCUT2D eigenvalue weighted by molar-refractivity contribution is -0.137. The summed E-state index contributed by atoms with van der Waals surface area (Å²) in [5, 5.41) is 5.31. The van der Waals surface area contributed by atoms with Gasteiger partial charge in [0, 0.05) is 50.5 Å². The maximum atomic E-state index is 13.0. The van der Waals surface area contributed by atoms with Crippen LogP contribution in [0.25, 0.3) is 0 Å². The number of alkyl halides is 3. The van der Waals surface area contributed by atoms with Crippen LogP contribution in [0.5, 0.6) is 0 Å². The van der Waals surface area contributed by atoms with Crippen molar-refractivity contribution in [1.82, 2.24) is 15.5 Å². The Balaban J connectivity index is 1.32. The van der Waals surface area contributed by atoms with Gasteiger partial charge in [-0.05, 0) is 42.5 Å². The number of rotatable bonds is 5. The zero-order chi connectivity index (χ0) is 23.0. The quantitative estimate of drug-likeness (QED) is 0.545. The van der Waals surface area contributed by atoms with Crippen LogP contribution >= 0.6 is 0 Å². The molecular weight excluding hydrogens is 424 g/mol. The molecule has 2 amide bonds. The van der Waals surface area contributed by atoms with Crippen LogP contribution in [0.1, 0.15) is 11.1 Å². The molecule has 0 bridgehead atoms. The molecule has 3 rings (SSSR count). The highest BCUT2D eigenvalue weighted by Crippen LogP contribution is 2.29. The van der Waals surface area contributed by atoms with Crippen LogP contribution in [0.3, 0.4) is 0 Å². The molecule has 1 heterocycles. The Bertz CT molecular complexity index is 958. The zero-order valence-corrected chi connectivity index (χ0v) is 17.4. The first-order chi connectivity index (χ1) is 15.3. The van der Waals surface area contributed by atoms with Crippen LogP contribution < -0.4 is 15.5 Å². The minimum Gasteiger partial charge on any atom is -0.369 e. The summed E-state index contributed by atoms with van der Waals surface area (Å²) < 4.78 is 51.1. The first-order valence-corrected chi connectivity index (χ1v) is 10.2. The number of amides is 2. The third-order valence-corrected chi connectivity index (χ3v) is 5.04. The Morgan fingerprint density at radius 1 is 1.00 bits per heavy atom. The van der Waals surface area contributed by atoms with Crippen molar-refractivity contribution in [3.63, 3.8) is 0 Å². The molecule has 0 unspecified atom stereocenters. The summed E-state index contributed by atoms with van der Waals surface area (Å²) in [6.45, 7) is 4.50. The van der Waals surface area contributed by atoms with Gasteiger partial charge in [0.05, 0.1) is 12.1 Å². The fourth-order valence-corrected chi connectivity index (χ4v) is 3.32. The number of benzene rings is 2. The first-order valence-electron chi connectivity index (χ1n) is 10.2. The van der Waals surface area contributed by atoms with Crippen LogP contribution in [-0.4, -0.2) is 56.7 Å². The fraction of sp³-hybridized carbons (Fsp3) is 0.348. The van der Waals surface area contributed by atoms with Gasteiger partial charge in [0.15, 0.2) is 0 Å². The summed E-state index contributed by atoms with van der Waals surface area (Å²) in [4.78, 5) is 16.3. The van der Waals surface area contributed by atoms with E-state index < -0.39 is 11.7 Å². The topological polar surface area (TPSA) is 47.6 Å². The lowest BCUT2D eigenvalue weighted by atomic mass is 10.1. The number of urea groups is 1. The van der Waals surface area contributed by atoms with E-state index in [1.165, 1.54) is 24.3 Å². The molecule has 0 saturated carbocycles. The number of nitrogens with one attached hydrogen (secondary N) is 2. The number of hydrogen-bond donors (Lipinski definition) is 2. The Hall–Kier alpha value is -3.25. The average molecular weight is 448 g/mol. The minimum absolute atomic E-state index is 0.0262. The van der Waals surface area contributed by atoms with Gasteiger partial charge in [-0.1, -0.05) is 17.9 Å². The van der Waals surface area contributed by atoms with Crippen molar-refractivity contribution in [3.8, 4) is 11.8 Å². The Morgan fingerprint density at radius 2 is 1.72 bits per heavy atom. The van der Waals surface area contributed by atoms with Crippen molar-refractivity contribution < 1.29 is 22.4 Å². The van der Waals surface area contributed by atoms with Gasteiger partial charge in [0.1, 0.15) is 5.82 Å². The summed E-state index contributed by atoms with van der Waals surface area (Å²) in [6.07, 6.45) is -4.41. The average Bonchev–Trinajstić information content (AvgIpc) is 2.77. The van der Waals surface area contributed by atoms with E-state index >= 15 is 0 Å². The van der Waals surface area contributed by atoms with Crippen molar-refractivity contribution >= 4 is 11.7 Å². The van der Waals surface area contributed by atoms with Crippen molar-refractivity contribution in [2.75, 3.05) is 50.7 Å². The second-order valence-corrected chi connectivity index (χ2v) is 7.29.